The molecule has 2 aromatic rings. The van der Waals surface area contributed by atoms with Crippen LogP contribution in [-0.2, 0) is 21.2 Å². The molecule has 6 nitrogen and oxygen atoms in total. The molecule has 144 valence electrons. The molecule has 1 fully saturated rings. The smallest absolute Gasteiger partial charge is 0.255 e. The van der Waals surface area contributed by atoms with E-state index in [1.807, 2.05) is 24.3 Å². The summed E-state index contributed by atoms with van der Waals surface area (Å²) in [7, 11) is -3.66. The maximum absolute atomic E-state index is 13.0. The van der Waals surface area contributed by atoms with E-state index in [-0.39, 0.29) is 10.8 Å². The van der Waals surface area contributed by atoms with E-state index in [0.717, 1.165) is 6.42 Å². The molecule has 3 rings (SSSR count). The van der Waals surface area contributed by atoms with E-state index in [4.69, 9.17) is 4.74 Å². The molecule has 1 N–H and O–H groups in total. The molecular formula is C20H24N2O4S. The van der Waals surface area contributed by atoms with Crippen LogP contribution in [0.5, 0.6) is 0 Å². The SMILES string of the molecule is CCc1ccc(NC(=O)c2ccc(C)c(S(=O)(=O)N3CCOCC3)c2)cc1. The molecule has 1 heterocycles. The lowest BCUT2D eigenvalue weighted by molar-refractivity contribution is 0.0730. The van der Waals surface area contributed by atoms with Crippen LogP contribution in [0, 0.1) is 6.92 Å². The molecule has 1 amide bonds. The number of nitrogens with one attached hydrogen (secondary N) is 1. The minimum Gasteiger partial charge on any atom is -0.379 e. The summed E-state index contributed by atoms with van der Waals surface area (Å²) < 4.78 is 32.5. The fourth-order valence-electron chi connectivity index (χ4n) is 2.97. The largest absolute Gasteiger partial charge is 0.379 e. The molecule has 7 heteroatoms. The summed E-state index contributed by atoms with van der Waals surface area (Å²) in [4.78, 5) is 12.8. The van der Waals surface area contributed by atoms with Gasteiger partial charge in [0.15, 0.2) is 0 Å². The number of sulfonamides is 1. The minimum atomic E-state index is -3.66. The monoisotopic (exact) mass is 388 g/mol. The Bertz CT molecular complexity index is 917. The van der Waals surface area contributed by atoms with Crippen molar-refractivity contribution in [3.63, 3.8) is 0 Å². The molecule has 0 saturated carbocycles. The van der Waals surface area contributed by atoms with Crippen LogP contribution in [0.1, 0.15) is 28.4 Å². The molecule has 0 radical (unpaired) electrons. The summed E-state index contributed by atoms with van der Waals surface area (Å²) in [6, 6.07) is 12.4. The van der Waals surface area contributed by atoms with Crippen molar-refractivity contribution in [1.82, 2.24) is 4.31 Å². The van der Waals surface area contributed by atoms with Gasteiger partial charge in [-0.2, -0.15) is 4.31 Å². The number of hydrogen-bond donors (Lipinski definition) is 1. The molecule has 0 unspecified atom stereocenters. The lowest BCUT2D eigenvalue weighted by Gasteiger charge is -2.26. The number of hydrogen-bond acceptors (Lipinski definition) is 4. The first kappa shape index (κ1) is 19.5. The molecule has 0 aliphatic carbocycles. The molecule has 1 saturated heterocycles. The molecule has 0 spiro atoms. The van der Waals surface area contributed by atoms with Crippen molar-refractivity contribution >= 4 is 21.6 Å². The zero-order valence-corrected chi connectivity index (χ0v) is 16.4. The molecule has 1 aliphatic heterocycles. The lowest BCUT2D eigenvalue weighted by atomic mass is 10.1. The third-order valence-corrected chi connectivity index (χ3v) is 6.70. The van der Waals surface area contributed by atoms with Crippen LogP contribution >= 0.6 is 0 Å². The number of nitrogens with zero attached hydrogens (tertiary/aromatic N) is 1. The molecule has 27 heavy (non-hydrogen) atoms. The Morgan fingerprint density at radius 1 is 1.11 bits per heavy atom. The number of rotatable bonds is 5. The number of carbonyl (C=O) groups excluding carboxylic acids is 1. The average molecular weight is 388 g/mol. The highest BCUT2D eigenvalue weighted by molar-refractivity contribution is 7.89. The fourth-order valence-corrected chi connectivity index (χ4v) is 4.63. The van der Waals surface area contributed by atoms with Crippen LogP contribution in [0.4, 0.5) is 5.69 Å². The summed E-state index contributed by atoms with van der Waals surface area (Å²) in [5.41, 5.74) is 2.79. The number of anilines is 1. The quantitative estimate of drug-likeness (QED) is 0.855. The van der Waals surface area contributed by atoms with E-state index in [0.29, 0.717) is 43.1 Å². The molecule has 0 bridgehead atoms. The fraction of sp³-hybridized carbons (Fsp3) is 0.350. The van der Waals surface area contributed by atoms with Crippen molar-refractivity contribution in [3.05, 3.63) is 59.2 Å². The second-order valence-corrected chi connectivity index (χ2v) is 8.41. The van der Waals surface area contributed by atoms with Crippen molar-refractivity contribution in [1.29, 1.82) is 0 Å². The first-order valence-electron chi connectivity index (χ1n) is 9.00. The predicted octanol–water partition coefficient (Wildman–Crippen LogP) is 2.83. The Balaban J connectivity index is 1.84. The van der Waals surface area contributed by atoms with E-state index < -0.39 is 10.0 Å². The second-order valence-electron chi connectivity index (χ2n) is 6.50. The number of amides is 1. The van der Waals surface area contributed by atoms with Gasteiger partial charge in [-0.1, -0.05) is 25.1 Å². The normalized spacial score (nSPS) is 15.5. The Kier molecular flexibility index (Phi) is 5.94. The number of carbonyl (C=O) groups is 1. The lowest BCUT2D eigenvalue weighted by Crippen LogP contribution is -2.40. The summed E-state index contributed by atoms with van der Waals surface area (Å²) in [5.74, 6) is -0.335. The standard InChI is InChI=1S/C20H24N2O4S/c1-3-16-5-8-18(9-6-16)21-20(23)17-7-4-15(2)19(14-17)27(24,25)22-10-12-26-13-11-22/h4-9,14H,3,10-13H2,1-2H3,(H,21,23). The van der Waals surface area contributed by atoms with Gasteiger partial charge in [0.2, 0.25) is 10.0 Å². The summed E-state index contributed by atoms with van der Waals surface area (Å²) in [6.45, 7) is 5.21. The number of aryl methyl sites for hydroxylation is 2. The van der Waals surface area contributed by atoms with Crippen LogP contribution in [-0.4, -0.2) is 44.9 Å². The van der Waals surface area contributed by atoms with E-state index in [1.54, 1.807) is 19.1 Å². The molecule has 2 aromatic carbocycles. The Labute approximate surface area is 160 Å². The van der Waals surface area contributed by atoms with Gasteiger partial charge in [0.25, 0.3) is 5.91 Å². The average Bonchev–Trinajstić information content (AvgIpc) is 2.69. The highest BCUT2D eigenvalue weighted by atomic mass is 32.2. The van der Waals surface area contributed by atoms with E-state index in [2.05, 4.69) is 12.2 Å². The van der Waals surface area contributed by atoms with Gasteiger partial charge in [-0.25, -0.2) is 8.42 Å². The maximum Gasteiger partial charge on any atom is 0.255 e. The zero-order valence-electron chi connectivity index (χ0n) is 15.6. The Morgan fingerprint density at radius 3 is 2.41 bits per heavy atom. The third kappa shape index (κ3) is 4.37. The molecule has 0 atom stereocenters. The molecular weight excluding hydrogens is 364 g/mol. The third-order valence-electron chi connectivity index (χ3n) is 4.66. The molecule has 1 aliphatic rings. The van der Waals surface area contributed by atoms with Gasteiger partial charge >= 0.3 is 0 Å². The minimum absolute atomic E-state index is 0.165. The van der Waals surface area contributed by atoms with Crippen molar-refractivity contribution in [2.75, 3.05) is 31.6 Å². The first-order chi connectivity index (χ1) is 12.9. The number of ether oxygens (including phenoxy) is 1. The molecule has 0 aromatic heterocycles. The van der Waals surface area contributed by atoms with Gasteiger partial charge in [0.05, 0.1) is 18.1 Å². The van der Waals surface area contributed by atoms with Gasteiger partial charge < -0.3 is 10.1 Å². The second kappa shape index (κ2) is 8.21. The summed E-state index contributed by atoms with van der Waals surface area (Å²) in [6.07, 6.45) is 0.926. The predicted molar refractivity (Wildman–Crippen MR) is 105 cm³/mol. The maximum atomic E-state index is 13.0. The van der Waals surface area contributed by atoms with E-state index >= 15 is 0 Å². The van der Waals surface area contributed by atoms with Crippen molar-refractivity contribution < 1.29 is 17.9 Å². The highest BCUT2D eigenvalue weighted by Gasteiger charge is 2.28. The van der Waals surface area contributed by atoms with E-state index in [9.17, 15) is 13.2 Å². The highest BCUT2D eigenvalue weighted by Crippen LogP contribution is 2.23. The Morgan fingerprint density at radius 2 is 1.78 bits per heavy atom. The summed E-state index contributed by atoms with van der Waals surface area (Å²) >= 11 is 0. The van der Waals surface area contributed by atoms with Gasteiger partial charge in [-0.15, -0.1) is 0 Å². The zero-order chi connectivity index (χ0) is 19.4. The summed E-state index contributed by atoms with van der Waals surface area (Å²) in [5, 5.41) is 2.82. The van der Waals surface area contributed by atoms with Crippen molar-refractivity contribution in [2.45, 2.75) is 25.2 Å². The van der Waals surface area contributed by atoms with Gasteiger partial charge in [0.1, 0.15) is 0 Å². The van der Waals surface area contributed by atoms with Gasteiger partial charge in [-0.05, 0) is 48.7 Å². The number of morpholine rings is 1. The van der Waals surface area contributed by atoms with Crippen LogP contribution in [0.25, 0.3) is 0 Å². The van der Waals surface area contributed by atoms with Crippen LogP contribution in [0.3, 0.4) is 0 Å². The van der Waals surface area contributed by atoms with Crippen LogP contribution in [0.2, 0.25) is 0 Å². The van der Waals surface area contributed by atoms with Crippen LogP contribution < -0.4 is 5.32 Å². The topological polar surface area (TPSA) is 75.7 Å². The van der Waals surface area contributed by atoms with Crippen molar-refractivity contribution in [3.8, 4) is 0 Å². The van der Waals surface area contributed by atoms with Crippen molar-refractivity contribution in [2.24, 2.45) is 0 Å². The first-order valence-corrected chi connectivity index (χ1v) is 10.4. The van der Waals surface area contributed by atoms with Gasteiger partial charge in [-0.3, -0.25) is 4.79 Å². The van der Waals surface area contributed by atoms with Gasteiger partial charge in [0, 0.05) is 24.3 Å². The van der Waals surface area contributed by atoms with Crippen LogP contribution in [0.15, 0.2) is 47.4 Å². The van der Waals surface area contributed by atoms with E-state index in [1.165, 1.54) is 15.9 Å². The number of benzene rings is 2. The Hall–Kier alpha value is -2.22.